The molecule has 5 heteroatoms. The molecule has 0 bridgehead atoms. The summed E-state index contributed by atoms with van der Waals surface area (Å²) in [6, 6.07) is 3.63. The van der Waals surface area contributed by atoms with Crippen LogP contribution in [-0.2, 0) is 4.74 Å². The second kappa shape index (κ2) is 5.48. The molecule has 0 heterocycles. The summed E-state index contributed by atoms with van der Waals surface area (Å²) in [6.45, 7) is 2.10. The third kappa shape index (κ3) is 2.70. The van der Waals surface area contributed by atoms with Crippen molar-refractivity contribution < 1.29 is 9.53 Å². The van der Waals surface area contributed by atoms with Gasteiger partial charge in [0.2, 0.25) is 0 Å². The molecule has 0 aliphatic heterocycles. The topological polar surface area (TPSA) is 64.3 Å². The number of carbonyl (C=O) groups excluding carboxylic acids is 1. The molecule has 1 aliphatic rings. The van der Waals surface area contributed by atoms with Crippen LogP contribution in [0.3, 0.4) is 0 Å². The van der Waals surface area contributed by atoms with Crippen LogP contribution in [0.1, 0.15) is 36.5 Å². The normalized spacial score (nSPS) is 15.0. The van der Waals surface area contributed by atoms with Crippen molar-refractivity contribution in [1.82, 2.24) is 0 Å². The summed E-state index contributed by atoms with van der Waals surface area (Å²) in [7, 11) is 0. The number of nitrogens with two attached hydrogens (primary N) is 1. The van der Waals surface area contributed by atoms with Gasteiger partial charge in [0.1, 0.15) is 0 Å². The molecular formula is C13H17ClN2O2. The Hall–Kier alpha value is -1.42. The number of halogens is 1. The SMILES string of the molecule is CCOC(=O)c1cc(N)cc(Cl)c1NC1CCC1. The van der Waals surface area contributed by atoms with E-state index in [2.05, 4.69) is 5.32 Å². The van der Waals surface area contributed by atoms with Crippen molar-refractivity contribution in [2.24, 2.45) is 0 Å². The van der Waals surface area contributed by atoms with E-state index in [0.29, 0.717) is 34.6 Å². The van der Waals surface area contributed by atoms with Crippen LogP contribution in [-0.4, -0.2) is 18.6 Å². The first-order valence-corrected chi connectivity index (χ1v) is 6.52. The fourth-order valence-corrected chi connectivity index (χ4v) is 2.18. The van der Waals surface area contributed by atoms with Gasteiger partial charge in [-0.2, -0.15) is 0 Å². The lowest BCUT2D eigenvalue weighted by Crippen LogP contribution is -2.28. The maximum absolute atomic E-state index is 11.9. The zero-order valence-electron chi connectivity index (χ0n) is 10.3. The molecule has 0 amide bonds. The van der Waals surface area contributed by atoms with Crippen molar-refractivity contribution in [3.63, 3.8) is 0 Å². The molecule has 0 radical (unpaired) electrons. The van der Waals surface area contributed by atoms with Crippen molar-refractivity contribution in [1.29, 1.82) is 0 Å². The maximum Gasteiger partial charge on any atom is 0.340 e. The molecule has 1 fully saturated rings. The van der Waals surface area contributed by atoms with Gasteiger partial charge in [0, 0.05) is 11.7 Å². The average molecular weight is 269 g/mol. The number of hydrogen-bond acceptors (Lipinski definition) is 4. The fourth-order valence-electron chi connectivity index (χ4n) is 1.90. The van der Waals surface area contributed by atoms with Gasteiger partial charge in [0.25, 0.3) is 0 Å². The molecule has 3 N–H and O–H groups in total. The van der Waals surface area contributed by atoms with Crippen molar-refractivity contribution in [2.75, 3.05) is 17.7 Å². The van der Waals surface area contributed by atoms with Crippen LogP contribution in [0.4, 0.5) is 11.4 Å². The molecule has 4 nitrogen and oxygen atoms in total. The van der Waals surface area contributed by atoms with Crippen LogP contribution in [0.5, 0.6) is 0 Å². The summed E-state index contributed by atoms with van der Waals surface area (Å²) in [5.41, 5.74) is 7.22. The van der Waals surface area contributed by atoms with Crippen LogP contribution >= 0.6 is 11.6 Å². The molecular weight excluding hydrogens is 252 g/mol. The summed E-state index contributed by atoms with van der Waals surface area (Å²) < 4.78 is 5.02. The molecule has 98 valence electrons. The monoisotopic (exact) mass is 268 g/mol. The van der Waals surface area contributed by atoms with Gasteiger partial charge in [0.15, 0.2) is 0 Å². The molecule has 1 aromatic carbocycles. The quantitative estimate of drug-likeness (QED) is 0.651. The molecule has 2 rings (SSSR count). The Morgan fingerprint density at radius 3 is 2.83 bits per heavy atom. The first-order chi connectivity index (χ1) is 8.61. The molecule has 0 unspecified atom stereocenters. The van der Waals surface area contributed by atoms with Gasteiger partial charge in [-0.1, -0.05) is 11.6 Å². The molecule has 1 aliphatic carbocycles. The van der Waals surface area contributed by atoms with E-state index in [0.717, 1.165) is 12.8 Å². The molecule has 1 aromatic rings. The number of anilines is 2. The van der Waals surface area contributed by atoms with E-state index < -0.39 is 5.97 Å². The number of ether oxygens (including phenoxy) is 1. The van der Waals surface area contributed by atoms with Crippen LogP contribution < -0.4 is 11.1 Å². The Labute approximate surface area is 111 Å². The summed E-state index contributed by atoms with van der Waals surface area (Å²) in [5.74, 6) is -0.395. The molecule has 0 spiro atoms. The van der Waals surface area contributed by atoms with Gasteiger partial charge < -0.3 is 15.8 Å². The van der Waals surface area contributed by atoms with Gasteiger partial charge >= 0.3 is 5.97 Å². The second-order valence-corrected chi connectivity index (χ2v) is 4.83. The highest BCUT2D eigenvalue weighted by atomic mass is 35.5. The van der Waals surface area contributed by atoms with Crippen LogP contribution in [0.2, 0.25) is 5.02 Å². The lowest BCUT2D eigenvalue weighted by molar-refractivity contribution is 0.0527. The maximum atomic E-state index is 11.9. The van der Waals surface area contributed by atoms with Crippen molar-refractivity contribution in [3.05, 3.63) is 22.7 Å². The zero-order valence-corrected chi connectivity index (χ0v) is 11.1. The molecule has 0 atom stereocenters. The van der Waals surface area contributed by atoms with E-state index in [-0.39, 0.29) is 0 Å². The Bertz CT molecular complexity index is 459. The van der Waals surface area contributed by atoms with Crippen LogP contribution in [0.25, 0.3) is 0 Å². The summed E-state index contributed by atoms with van der Waals surface area (Å²) in [6.07, 6.45) is 3.41. The second-order valence-electron chi connectivity index (χ2n) is 4.42. The van der Waals surface area contributed by atoms with Gasteiger partial charge in [-0.05, 0) is 38.3 Å². The largest absolute Gasteiger partial charge is 0.462 e. The van der Waals surface area contributed by atoms with E-state index in [1.54, 1.807) is 19.1 Å². The fraction of sp³-hybridized carbons (Fsp3) is 0.462. The highest BCUT2D eigenvalue weighted by molar-refractivity contribution is 6.34. The Balaban J connectivity index is 2.31. The minimum Gasteiger partial charge on any atom is -0.462 e. The smallest absolute Gasteiger partial charge is 0.340 e. The molecule has 18 heavy (non-hydrogen) atoms. The van der Waals surface area contributed by atoms with E-state index in [1.807, 2.05) is 0 Å². The van der Waals surface area contributed by atoms with Crippen LogP contribution in [0, 0.1) is 0 Å². The molecule has 1 saturated carbocycles. The average Bonchev–Trinajstić information content (AvgIpc) is 2.24. The Morgan fingerprint density at radius 1 is 1.56 bits per heavy atom. The van der Waals surface area contributed by atoms with Crippen molar-refractivity contribution in [3.8, 4) is 0 Å². The number of benzene rings is 1. The predicted molar refractivity (Wildman–Crippen MR) is 73.1 cm³/mol. The summed E-state index contributed by atoms with van der Waals surface area (Å²) in [5, 5.41) is 3.76. The van der Waals surface area contributed by atoms with Crippen molar-refractivity contribution in [2.45, 2.75) is 32.2 Å². The van der Waals surface area contributed by atoms with Gasteiger partial charge in [-0.25, -0.2) is 4.79 Å². The third-order valence-electron chi connectivity index (χ3n) is 3.06. The summed E-state index contributed by atoms with van der Waals surface area (Å²) >= 11 is 6.15. The Kier molecular flexibility index (Phi) is 3.97. The van der Waals surface area contributed by atoms with E-state index in [4.69, 9.17) is 22.1 Å². The number of hydrogen-bond donors (Lipinski definition) is 2. The number of nitrogens with one attached hydrogen (secondary N) is 1. The highest BCUT2D eigenvalue weighted by Gasteiger charge is 2.22. The van der Waals surface area contributed by atoms with E-state index in [1.165, 1.54) is 6.42 Å². The minimum absolute atomic E-state index is 0.328. The minimum atomic E-state index is -0.395. The molecule has 0 aromatic heterocycles. The number of rotatable bonds is 4. The highest BCUT2D eigenvalue weighted by Crippen LogP contribution is 2.33. The zero-order chi connectivity index (χ0) is 13.1. The van der Waals surface area contributed by atoms with E-state index >= 15 is 0 Å². The standard InChI is InChI=1S/C13H17ClN2O2/c1-2-18-13(17)10-6-8(15)7-11(14)12(10)16-9-4-3-5-9/h6-7,9,16H,2-5,15H2,1H3. The molecule has 0 saturated heterocycles. The number of carbonyl (C=O) groups is 1. The first kappa shape index (κ1) is 13.0. The lowest BCUT2D eigenvalue weighted by Gasteiger charge is -2.29. The van der Waals surface area contributed by atoms with Gasteiger partial charge in [-0.3, -0.25) is 0 Å². The lowest BCUT2D eigenvalue weighted by atomic mass is 9.92. The van der Waals surface area contributed by atoms with Gasteiger partial charge in [-0.15, -0.1) is 0 Å². The van der Waals surface area contributed by atoms with E-state index in [9.17, 15) is 4.79 Å². The number of esters is 1. The third-order valence-corrected chi connectivity index (χ3v) is 3.36. The van der Waals surface area contributed by atoms with Crippen molar-refractivity contribution >= 4 is 28.9 Å². The summed E-state index contributed by atoms with van der Waals surface area (Å²) in [4.78, 5) is 11.9. The van der Waals surface area contributed by atoms with Gasteiger partial charge in [0.05, 0.1) is 22.9 Å². The first-order valence-electron chi connectivity index (χ1n) is 6.14. The predicted octanol–water partition coefficient (Wildman–Crippen LogP) is 3.06. The number of nitrogen functional groups attached to an aromatic ring is 1. The van der Waals surface area contributed by atoms with Crippen LogP contribution in [0.15, 0.2) is 12.1 Å². The Morgan fingerprint density at radius 2 is 2.28 bits per heavy atom.